The van der Waals surface area contributed by atoms with E-state index < -0.39 is 18.0 Å². The van der Waals surface area contributed by atoms with Gasteiger partial charge in [0.15, 0.2) is 0 Å². The topological polar surface area (TPSA) is 42.0 Å². The molecule has 0 bridgehead atoms. The lowest BCUT2D eigenvalue weighted by Gasteiger charge is -2.25. The molecule has 0 saturated heterocycles. The molecule has 0 fully saturated rings. The number of nitrogens with one attached hydrogen (secondary N) is 1. The number of fused-ring (bicyclic) bond motifs is 1. The van der Waals surface area contributed by atoms with Crippen LogP contribution in [0.15, 0.2) is 36.5 Å². The van der Waals surface area contributed by atoms with Crippen molar-refractivity contribution < 1.29 is 13.6 Å². The minimum atomic E-state index is -2.80. The van der Waals surface area contributed by atoms with Crippen molar-refractivity contribution in [3.05, 3.63) is 58.9 Å². The van der Waals surface area contributed by atoms with Crippen LogP contribution in [0.3, 0.4) is 0 Å². The molecule has 1 aliphatic rings. The van der Waals surface area contributed by atoms with E-state index >= 15 is 0 Å². The summed E-state index contributed by atoms with van der Waals surface area (Å²) in [5, 5.41) is 2.90. The summed E-state index contributed by atoms with van der Waals surface area (Å²) in [4.78, 5) is 16.5. The Morgan fingerprint density at radius 2 is 1.96 bits per heavy atom. The molecule has 5 heteroatoms. The standard InChI is InChI=1S/C23H28F2N2O/c1-22(2,3)12-14-13-23(4,5)16-9-6-10-17(18(14)16)27-21(28)15-8-7-11-26-19(15)20(24)25/h6-11,14,20H,12-13H2,1-5H3,(H,27,28). The molecule has 2 aromatic rings. The third-order valence-corrected chi connectivity index (χ3v) is 5.40. The van der Waals surface area contributed by atoms with E-state index in [-0.39, 0.29) is 16.4 Å². The first kappa shape index (κ1) is 20.4. The number of nitrogens with zero attached hydrogens (tertiary/aromatic N) is 1. The van der Waals surface area contributed by atoms with Gasteiger partial charge >= 0.3 is 0 Å². The highest BCUT2D eigenvalue weighted by Gasteiger charge is 2.40. The lowest BCUT2D eigenvalue weighted by atomic mass is 9.80. The van der Waals surface area contributed by atoms with E-state index in [1.54, 1.807) is 0 Å². The smallest absolute Gasteiger partial charge is 0.281 e. The fourth-order valence-corrected chi connectivity index (χ4v) is 4.42. The number of halogens is 2. The number of rotatable bonds is 4. The van der Waals surface area contributed by atoms with Gasteiger partial charge in [0.1, 0.15) is 5.69 Å². The van der Waals surface area contributed by atoms with Crippen LogP contribution < -0.4 is 5.32 Å². The summed E-state index contributed by atoms with van der Waals surface area (Å²) in [6, 6.07) is 8.80. The van der Waals surface area contributed by atoms with Gasteiger partial charge in [-0.2, -0.15) is 0 Å². The lowest BCUT2D eigenvalue weighted by molar-refractivity contribution is 0.100. The van der Waals surface area contributed by atoms with Crippen LogP contribution in [0.5, 0.6) is 0 Å². The molecule has 150 valence electrons. The quantitative estimate of drug-likeness (QED) is 0.654. The summed E-state index contributed by atoms with van der Waals surface area (Å²) in [7, 11) is 0. The van der Waals surface area contributed by atoms with Gasteiger partial charge < -0.3 is 5.32 Å². The molecule has 1 unspecified atom stereocenters. The number of hydrogen-bond acceptors (Lipinski definition) is 2. The second-order valence-electron chi connectivity index (χ2n) is 9.51. The molecule has 1 amide bonds. The third-order valence-electron chi connectivity index (χ3n) is 5.40. The van der Waals surface area contributed by atoms with E-state index in [1.165, 1.54) is 23.9 Å². The number of hydrogen-bond donors (Lipinski definition) is 1. The van der Waals surface area contributed by atoms with Crippen LogP contribution in [0.2, 0.25) is 0 Å². The Kier molecular flexibility index (Phi) is 5.30. The molecule has 1 atom stereocenters. The molecule has 0 saturated carbocycles. The number of amides is 1. The predicted molar refractivity (Wildman–Crippen MR) is 108 cm³/mol. The van der Waals surface area contributed by atoms with Crippen molar-refractivity contribution in [2.75, 3.05) is 5.32 Å². The van der Waals surface area contributed by atoms with Crippen molar-refractivity contribution in [2.24, 2.45) is 5.41 Å². The first-order valence-electron chi connectivity index (χ1n) is 9.67. The van der Waals surface area contributed by atoms with Crippen LogP contribution in [0.1, 0.15) is 87.0 Å². The molecule has 1 aromatic heterocycles. The Morgan fingerprint density at radius 1 is 1.25 bits per heavy atom. The molecule has 1 aromatic carbocycles. The Labute approximate surface area is 165 Å². The van der Waals surface area contributed by atoms with E-state index in [9.17, 15) is 13.6 Å². The zero-order valence-corrected chi connectivity index (χ0v) is 17.1. The van der Waals surface area contributed by atoms with Gasteiger partial charge in [-0.05, 0) is 58.9 Å². The molecule has 0 aliphatic heterocycles. The largest absolute Gasteiger partial charge is 0.322 e. The summed E-state index contributed by atoms with van der Waals surface area (Å²) < 4.78 is 26.5. The molecular formula is C23H28F2N2O. The third kappa shape index (κ3) is 4.08. The predicted octanol–water partition coefficient (Wildman–Crippen LogP) is 6.47. The molecule has 1 aliphatic carbocycles. The number of carbonyl (C=O) groups excluding carboxylic acids is 1. The van der Waals surface area contributed by atoms with Gasteiger partial charge in [0, 0.05) is 11.9 Å². The van der Waals surface area contributed by atoms with Crippen molar-refractivity contribution >= 4 is 11.6 Å². The summed E-state index contributed by atoms with van der Waals surface area (Å²) in [6.45, 7) is 11.1. The van der Waals surface area contributed by atoms with E-state index in [4.69, 9.17) is 0 Å². The van der Waals surface area contributed by atoms with Crippen molar-refractivity contribution in [1.29, 1.82) is 0 Å². The Hall–Kier alpha value is -2.30. The van der Waals surface area contributed by atoms with E-state index in [1.807, 2.05) is 12.1 Å². The molecule has 28 heavy (non-hydrogen) atoms. The molecule has 1 heterocycles. The average Bonchev–Trinajstić information content (AvgIpc) is 2.84. The molecule has 1 N–H and O–H groups in total. The van der Waals surface area contributed by atoms with Crippen molar-refractivity contribution in [3.8, 4) is 0 Å². The van der Waals surface area contributed by atoms with Crippen molar-refractivity contribution in [1.82, 2.24) is 4.98 Å². The van der Waals surface area contributed by atoms with Crippen LogP contribution in [-0.4, -0.2) is 10.9 Å². The van der Waals surface area contributed by atoms with Crippen molar-refractivity contribution in [2.45, 2.75) is 65.2 Å². The lowest BCUT2D eigenvalue weighted by Crippen LogP contribution is -2.18. The summed E-state index contributed by atoms with van der Waals surface area (Å²) in [5.74, 6) is -0.235. The minimum absolute atomic E-state index is 0.00836. The number of alkyl halides is 2. The zero-order chi connectivity index (χ0) is 20.7. The van der Waals surface area contributed by atoms with Crippen LogP contribution in [0.25, 0.3) is 0 Å². The second-order valence-corrected chi connectivity index (χ2v) is 9.51. The van der Waals surface area contributed by atoms with E-state index in [2.05, 4.69) is 51.0 Å². The summed E-state index contributed by atoms with van der Waals surface area (Å²) in [6.07, 6.45) is 0.476. The van der Waals surface area contributed by atoms with Gasteiger partial charge in [0.05, 0.1) is 5.56 Å². The molecule has 3 rings (SSSR count). The average molecular weight is 386 g/mol. The van der Waals surface area contributed by atoms with Crippen LogP contribution in [-0.2, 0) is 5.41 Å². The monoisotopic (exact) mass is 386 g/mol. The van der Waals surface area contributed by atoms with Gasteiger partial charge in [-0.15, -0.1) is 0 Å². The normalized spacial score (nSPS) is 18.2. The Bertz CT molecular complexity index is 882. The maximum Gasteiger partial charge on any atom is 0.281 e. The highest BCUT2D eigenvalue weighted by atomic mass is 19.3. The van der Waals surface area contributed by atoms with Crippen LogP contribution >= 0.6 is 0 Å². The fraction of sp³-hybridized carbons (Fsp3) is 0.478. The number of benzene rings is 1. The fourth-order valence-electron chi connectivity index (χ4n) is 4.42. The molecule has 0 spiro atoms. The molecule has 3 nitrogen and oxygen atoms in total. The van der Waals surface area contributed by atoms with Crippen molar-refractivity contribution in [3.63, 3.8) is 0 Å². The number of pyridine rings is 1. The van der Waals surface area contributed by atoms with E-state index in [0.717, 1.165) is 18.4 Å². The maximum atomic E-state index is 13.3. The summed E-state index contributed by atoms with van der Waals surface area (Å²) in [5.41, 5.74) is 2.66. The van der Waals surface area contributed by atoms with Gasteiger partial charge in [0.25, 0.3) is 12.3 Å². The number of carbonyl (C=O) groups is 1. The van der Waals surface area contributed by atoms with Gasteiger partial charge in [-0.1, -0.05) is 46.8 Å². The zero-order valence-electron chi connectivity index (χ0n) is 17.1. The van der Waals surface area contributed by atoms with Gasteiger partial charge in [-0.3, -0.25) is 9.78 Å². The Balaban J connectivity index is 1.99. The number of anilines is 1. The summed E-state index contributed by atoms with van der Waals surface area (Å²) >= 11 is 0. The molecule has 0 radical (unpaired) electrons. The van der Waals surface area contributed by atoms with Gasteiger partial charge in [0.2, 0.25) is 0 Å². The highest BCUT2D eigenvalue weighted by molar-refractivity contribution is 6.05. The SMILES string of the molecule is CC(C)(C)CC1CC(C)(C)c2cccc(NC(=O)c3cccnc3C(F)F)c21. The Morgan fingerprint density at radius 3 is 2.61 bits per heavy atom. The van der Waals surface area contributed by atoms with Crippen LogP contribution in [0, 0.1) is 5.41 Å². The first-order chi connectivity index (χ1) is 13.0. The first-order valence-corrected chi connectivity index (χ1v) is 9.67. The number of aromatic nitrogens is 1. The molecular weight excluding hydrogens is 358 g/mol. The van der Waals surface area contributed by atoms with Crippen LogP contribution in [0.4, 0.5) is 14.5 Å². The minimum Gasteiger partial charge on any atom is -0.322 e. The second kappa shape index (κ2) is 7.26. The van der Waals surface area contributed by atoms with Gasteiger partial charge in [-0.25, -0.2) is 8.78 Å². The highest BCUT2D eigenvalue weighted by Crippen LogP contribution is 2.52. The maximum absolute atomic E-state index is 13.3. The van der Waals surface area contributed by atoms with E-state index in [0.29, 0.717) is 11.6 Å².